The Morgan fingerprint density at radius 1 is 1.15 bits per heavy atom. The van der Waals surface area contributed by atoms with Crippen molar-refractivity contribution >= 4 is 5.91 Å². The molecule has 138 valence electrons. The van der Waals surface area contributed by atoms with Gasteiger partial charge in [-0.1, -0.05) is 36.8 Å². The van der Waals surface area contributed by atoms with Crippen molar-refractivity contribution in [2.45, 2.75) is 57.9 Å². The number of nitrogens with zero attached hydrogens (tertiary/aromatic N) is 3. The fourth-order valence-electron chi connectivity index (χ4n) is 4.29. The van der Waals surface area contributed by atoms with Crippen molar-refractivity contribution < 1.29 is 4.79 Å². The average molecular weight is 351 g/mol. The highest BCUT2D eigenvalue weighted by molar-refractivity contribution is 5.78. The molecule has 1 atom stereocenters. The van der Waals surface area contributed by atoms with Crippen LogP contribution in [0.2, 0.25) is 0 Å². The lowest BCUT2D eigenvalue weighted by molar-refractivity contribution is -0.132. The molecule has 1 saturated carbocycles. The van der Waals surface area contributed by atoms with Gasteiger partial charge in [-0.05, 0) is 44.1 Å². The minimum absolute atomic E-state index is 0.266. The lowest BCUT2D eigenvalue weighted by Crippen LogP contribution is -2.42. The van der Waals surface area contributed by atoms with Gasteiger partial charge in [-0.3, -0.25) is 4.79 Å². The number of benzene rings is 1. The highest BCUT2D eigenvalue weighted by Crippen LogP contribution is 2.36. The molecule has 4 rings (SSSR count). The van der Waals surface area contributed by atoms with Crippen LogP contribution in [-0.2, 0) is 17.8 Å². The van der Waals surface area contributed by atoms with Crippen molar-refractivity contribution in [3.63, 3.8) is 0 Å². The monoisotopic (exact) mass is 351 g/mol. The van der Waals surface area contributed by atoms with E-state index in [1.54, 1.807) is 0 Å². The molecule has 1 aromatic heterocycles. The summed E-state index contributed by atoms with van der Waals surface area (Å²) in [4.78, 5) is 19.5. The quantitative estimate of drug-likeness (QED) is 0.818. The van der Waals surface area contributed by atoms with Crippen LogP contribution in [0.3, 0.4) is 0 Å². The van der Waals surface area contributed by atoms with Crippen LogP contribution in [0.5, 0.6) is 0 Å². The molecular formula is C22H29N3O. The van der Waals surface area contributed by atoms with Gasteiger partial charge in [-0.2, -0.15) is 0 Å². The molecule has 1 aliphatic carbocycles. The highest BCUT2D eigenvalue weighted by Gasteiger charge is 2.28. The van der Waals surface area contributed by atoms with Crippen LogP contribution in [0, 0.1) is 12.8 Å². The molecule has 2 aromatic rings. The summed E-state index contributed by atoms with van der Waals surface area (Å²) in [6.07, 6.45) is 8.75. The van der Waals surface area contributed by atoms with Gasteiger partial charge in [0.25, 0.3) is 0 Å². The van der Waals surface area contributed by atoms with Crippen LogP contribution in [0.1, 0.15) is 55.1 Å². The predicted molar refractivity (Wildman–Crippen MR) is 103 cm³/mol. The van der Waals surface area contributed by atoms with Crippen molar-refractivity contribution in [1.82, 2.24) is 14.5 Å². The normalized spacial score (nSPS) is 20.8. The van der Waals surface area contributed by atoms with Crippen LogP contribution in [0.15, 0.2) is 36.5 Å². The summed E-state index contributed by atoms with van der Waals surface area (Å²) in [5.74, 6) is 2.74. The minimum Gasteiger partial charge on any atom is -0.342 e. The van der Waals surface area contributed by atoms with Crippen LogP contribution in [-0.4, -0.2) is 33.4 Å². The maximum Gasteiger partial charge on any atom is 0.226 e. The van der Waals surface area contributed by atoms with Gasteiger partial charge in [0.1, 0.15) is 5.82 Å². The number of aryl methyl sites for hydroxylation is 1. The molecule has 2 aliphatic rings. The second kappa shape index (κ2) is 7.65. The van der Waals surface area contributed by atoms with E-state index in [1.165, 1.54) is 37.2 Å². The van der Waals surface area contributed by atoms with E-state index >= 15 is 0 Å². The summed E-state index contributed by atoms with van der Waals surface area (Å²) < 4.78 is 2.43. The molecule has 1 aromatic carbocycles. The van der Waals surface area contributed by atoms with Gasteiger partial charge in [0, 0.05) is 37.4 Å². The van der Waals surface area contributed by atoms with Crippen LogP contribution >= 0.6 is 0 Å². The minimum atomic E-state index is 0.266. The average Bonchev–Trinajstić information content (AvgIpc) is 2.95. The van der Waals surface area contributed by atoms with Crippen LogP contribution < -0.4 is 0 Å². The number of carbonyl (C=O) groups excluding carboxylic acids is 1. The van der Waals surface area contributed by atoms with E-state index in [1.807, 2.05) is 36.5 Å². The van der Waals surface area contributed by atoms with Crippen molar-refractivity contribution in [2.75, 3.05) is 13.1 Å². The lowest BCUT2D eigenvalue weighted by Gasteiger charge is -2.34. The van der Waals surface area contributed by atoms with E-state index < -0.39 is 0 Å². The molecule has 26 heavy (non-hydrogen) atoms. The summed E-state index contributed by atoms with van der Waals surface area (Å²) >= 11 is 0. The Balaban J connectivity index is 1.39. The molecule has 0 radical (unpaired) electrons. The van der Waals surface area contributed by atoms with Gasteiger partial charge >= 0.3 is 0 Å². The molecule has 4 heteroatoms. The Bertz CT molecular complexity index is 748. The Labute approximate surface area is 156 Å². The second-order valence-electron chi connectivity index (χ2n) is 8.01. The molecule has 1 amide bonds. The Morgan fingerprint density at radius 3 is 2.69 bits per heavy atom. The van der Waals surface area contributed by atoms with Crippen molar-refractivity contribution in [3.8, 4) is 0 Å². The standard InChI is InChI=1S/C22H29N3O/c1-17-14-23-22(20-10-5-11-20)25(17)16-19-9-6-12-24(15-19)21(26)13-18-7-3-2-4-8-18/h2-4,7-8,14,19-20H,5-6,9-13,15-16H2,1H3. The largest absolute Gasteiger partial charge is 0.342 e. The first kappa shape index (κ1) is 17.3. The Hall–Kier alpha value is -2.10. The third kappa shape index (κ3) is 3.69. The zero-order valence-electron chi connectivity index (χ0n) is 15.7. The number of likely N-dealkylation sites (tertiary alicyclic amines) is 1. The lowest BCUT2D eigenvalue weighted by atomic mass is 9.84. The third-order valence-corrected chi connectivity index (χ3v) is 6.07. The van der Waals surface area contributed by atoms with Gasteiger partial charge in [0.15, 0.2) is 0 Å². The number of hydrogen-bond donors (Lipinski definition) is 0. The van der Waals surface area contributed by atoms with E-state index in [2.05, 4.69) is 16.4 Å². The smallest absolute Gasteiger partial charge is 0.226 e. The van der Waals surface area contributed by atoms with Crippen LogP contribution in [0.4, 0.5) is 0 Å². The van der Waals surface area contributed by atoms with Crippen molar-refractivity contribution in [3.05, 3.63) is 53.6 Å². The van der Waals surface area contributed by atoms with E-state index in [0.29, 0.717) is 18.3 Å². The van der Waals surface area contributed by atoms with Gasteiger partial charge in [-0.15, -0.1) is 0 Å². The van der Waals surface area contributed by atoms with E-state index in [9.17, 15) is 4.79 Å². The number of hydrogen-bond acceptors (Lipinski definition) is 2. The zero-order chi connectivity index (χ0) is 17.9. The van der Waals surface area contributed by atoms with Gasteiger partial charge in [0.2, 0.25) is 5.91 Å². The predicted octanol–water partition coefficient (Wildman–Crippen LogP) is 3.94. The fraction of sp³-hybridized carbons (Fsp3) is 0.545. The Kier molecular flexibility index (Phi) is 5.09. The molecule has 0 spiro atoms. The fourth-order valence-corrected chi connectivity index (χ4v) is 4.29. The first-order valence-corrected chi connectivity index (χ1v) is 10.0. The maximum atomic E-state index is 12.7. The SMILES string of the molecule is Cc1cnc(C2CCC2)n1CC1CCCN(C(=O)Cc2ccccc2)C1. The van der Waals surface area contributed by atoms with Crippen molar-refractivity contribution in [1.29, 1.82) is 0 Å². The van der Waals surface area contributed by atoms with E-state index in [0.717, 1.165) is 31.6 Å². The van der Waals surface area contributed by atoms with Crippen molar-refractivity contribution in [2.24, 2.45) is 5.92 Å². The topological polar surface area (TPSA) is 38.1 Å². The second-order valence-corrected chi connectivity index (χ2v) is 8.01. The number of carbonyl (C=O) groups is 1. The van der Waals surface area contributed by atoms with Crippen LogP contribution in [0.25, 0.3) is 0 Å². The number of imidazole rings is 1. The summed E-state index contributed by atoms with van der Waals surface area (Å²) in [6.45, 7) is 4.96. The van der Waals surface area contributed by atoms with E-state index in [4.69, 9.17) is 4.98 Å². The first-order valence-electron chi connectivity index (χ1n) is 10.0. The van der Waals surface area contributed by atoms with E-state index in [-0.39, 0.29) is 5.91 Å². The van der Waals surface area contributed by atoms with Gasteiger partial charge < -0.3 is 9.47 Å². The number of amides is 1. The number of piperidine rings is 1. The zero-order valence-corrected chi connectivity index (χ0v) is 15.7. The number of aromatic nitrogens is 2. The molecule has 0 N–H and O–H groups in total. The summed E-state index contributed by atoms with van der Waals surface area (Å²) in [5, 5.41) is 0. The summed E-state index contributed by atoms with van der Waals surface area (Å²) in [7, 11) is 0. The third-order valence-electron chi connectivity index (χ3n) is 6.07. The molecule has 4 nitrogen and oxygen atoms in total. The highest BCUT2D eigenvalue weighted by atomic mass is 16.2. The molecule has 0 bridgehead atoms. The number of rotatable bonds is 5. The molecule has 2 fully saturated rings. The Morgan fingerprint density at radius 2 is 1.96 bits per heavy atom. The molecule has 2 heterocycles. The summed E-state index contributed by atoms with van der Waals surface area (Å²) in [5.41, 5.74) is 2.37. The molecule has 1 aliphatic heterocycles. The summed E-state index contributed by atoms with van der Waals surface area (Å²) in [6, 6.07) is 10.1. The molecular weight excluding hydrogens is 322 g/mol. The van der Waals surface area contributed by atoms with Gasteiger partial charge in [-0.25, -0.2) is 4.98 Å². The van der Waals surface area contributed by atoms with Gasteiger partial charge in [0.05, 0.1) is 6.42 Å². The molecule has 1 saturated heterocycles. The first-order chi connectivity index (χ1) is 12.7. The molecule has 1 unspecified atom stereocenters. The maximum absolute atomic E-state index is 12.7.